The van der Waals surface area contributed by atoms with Gasteiger partial charge in [0, 0.05) is 10.7 Å². The minimum absolute atomic E-state index is 0.0513. The molecule has 2 aliphatic rings. The van der Waals surface area contributed by atoms with Gasteiger partial charge in [0.1, 0.15) is 13.2 Å². The van der Waals surface area contributed by atoms with Crippen LogP contribution in [0.1, 0.15) is 11.6 Å². The van der Waals surface area contributed by atoms with Gasteiger partial charge in [-0.15, -0.1) is 0 Å². The molecule has 28 heavy (non-hydrogen) atoms. The van der Waals surface area contributed by atoms with Crippen LogP contribution in [0.25, 0.3) is 0 Å². The van der Waals surface area contributed by atoms with Crippen molar-refractivity contribution in [1.29, 1.82) is 0 Å². The number of nitrogens with zero attached hydrogens (tertiary/aromatic N) is 1. The molecule has 2 heterocycles. The van der Waals surface area contributed by atoms with Crippen LogP contribution in [0.3, 0.4) is 0 Å². The van der Waals surface area contributed by atoms with Crippen molar-refractivity contribution >= 4 is 35.2 Å². The van der Waals surface area contributed by atoms with Crippen LogP contribution < -0.4 is 10.6 Å². The molecule has 2 aliphatic heterocycles. The standard InChI is InChI=1S/C20H16ClN3O4/c21-13-8-6-12(7-9-13)18-17-15(11-28-19(17)26)24(20(27)23-18)10-16(25)22-14-4-2-1-3-5-14/h1-9,18H,10-11H2,(H,22,25)(H,23,27)/t18-/m0/s1. The minimum Gasteiger partial charge on any atom is -0.456 e. The lowest BCUT2D eigenvalue weighted by Crippen LogP contribution is -2.49. The smallest absolute Gasteiger partial charge is 0.338 e. The maximum absolute atomic E-state index is 12.7. The zero-order valence-corrected chi connectivity index (χ0v) is 15.4. The van der Waals surface area contributed by atoms with E-state index < -0.39 is 18.0 Å². The molecule has 7 nitrogen and oxygen atoms in total. The van der Waals surface area contributed by atoms with Gasteiger partial charge >= 0.3 is 12.0 Å². The highest BCUT2D eigenvalue weighted by Gasteiger charge is 2.42. The summed E-state index contributed by atoms with van der Waals surface area (Å²) in [5.41, 5.74) is 2.06. The third-order valence-electron chi connectivity index (χ3n) is 4.56. The van der Waals surface area contributed by atoms with Gasteiger partial charge < -0.3 is 15.4 Å². The Kier molecular flexibility index (Phi) is 4.75. The summed E-state index contributed by atoms with van der Waals surface area (Å²) in [6, 6.07) is 14.6. The highest BCUT2D eigenvalue weighted by Crippen LogP contribution is 2.35. The van der Waals surface area contributed by atoms with Crippen LogP contribution in [0.2, 0.25) is 5.02 Å². The van der Waals surface area contributed by atoms with Gasteiger partial charge in [-0.3, -0.25) is 9.69 Å². The van der Waals surface area contributed by atoms with Crippen molar-refractivity contribution in [2.24, 2.45) is 0 Å². The van der Waals surface area contributed by atoms with Crippen LogP contribution in [-0.4, -0.2) is 36.0 Å². The molecule has 0 radical (unpaired) electrons. The molecular formula is C20H16ClN3O4. The fourth-order valence-corrected chi connectivity index (χ4v) is 3.38. The van der Waals surface area contributed by atoms with Crippen molar-refractivity contribution in [3.8, 4) is 0 Å². The van der Waals surface area contributed by atoms with E-state index in [9.17, 15) is 14.4 Å². The van der Waals surface area contributed by atoms with E-state index in [1.165, 1.54) is 4.90 Å². The lowest BCUT2D eigenvalue weighted by molar-refractivity contribution is -0.136. The molecule has 0 saturated carbocycles. The maximum atomic E-state index is 12.7. The van der Waals surface area contributed by atoms with E-state index >= 15 is 0 Å². The number of ether oxygens (including phenoxy) is 1. The summed E-state index contributed by atoms with van der Waals surface area (Å²) >= 11 is 5.92. The highest BCUT2D eigenvalue weighted by atomic mass is 35.5. The van der Waals surface area contributed by atoms with Crippen molar-refractivity contribution in [3.63, 3.8) is 0 Å². The first-order chi connectivity index (χ1) is 13.5. The molecule has 8 heteroatoms. The van der Waals surface area contributed by atoms with E-state index in [2.05, 4.69) is 10.6 Å². The monoisotopic (exact) mass is 397 g/mol. The fraction of sp³-hybridized carbons (Fsp3) is 0.150. The number of hydrogen-bond acceptors (Lipinski definition) is 4. The van der Waals surface area contributed by atoms with Gasteiger partial charge in [0.2, 0.25) is 5.91 Å². The summed E-state index contributed by atoms with van der Waals surface area (Å²) in [4.78, 5) is 38.6. The van der Waals surface area contributed by atoms with Crippen LogP contribution in [-0.2, 0) is 14.3 Å². The number of benzene rings is 2. The maximum Gasteiger partial charge on any atom is 0.338 e. The number of esters is 1. The third kappa shape index (κ3) is 3.44. The van der Waals surface area contributed by atoms with Gasteiger partial charge in [-0.25, -0.2) is 9.59 Å². The number of halogens is 1. The van der Waals surface area contributed by atoms with E-state index in [0.29, 0.717) is 27.5 Å². The molecule has 0 saturated heterocycles. The van der Waals surface area contributed by atoms with Gasteiger partial charge in [-0.2, -0.15) is 0 Å². The molecule has 0 unspecified atom stereocenters. The van der Waals surface area contributed by atoms with Crippen molar-refractivity contribution in [2.75, 3.05) is 18.5 Å². The molecular weight excluding hydrogens is 382 g/mol. The van der Waals surface area contributed by atoms with Crippen molar-refractivity contribution in [2.45, 2.75) is 6.04 Å². The van der Waals surface area contributed by atoms with Crippen molar-refractivity contribution < 1.29 is 19.1 Å². The molecule has 0 bridgehead atoms. The quantitative estimate of drug-likeness (QED) is 0.776. The number of nitrogens with one attached hydrogen (secondary N) is 2. The Morgan fingerprint density at radius 3 is 2.57 bits per heavy atom. The molecule has 0 spiro atoms. The van der Waals surface area contributed by atoms with Gasteiger partial charge in [0.25, 0.3) is 0 Å². The van der Waals surface area contributed by atoms with E-state index in [1.807, 2.05) is 6.07 Å². The summed E-state index contributed by atoms with van der Waals surface area (Å²) < 4.78 is 5.15. The van der Waals surface area contributed by atoms with E-state index in [-0.39, 0.29) is 19.1 Å². The minimum atomic E-state index is -0.650. The number of carbonyl (C=O) groups excluding carboxylic acids is 3. The molecule has 2 N–H and O–H groups in total. The molecule has 1 atom stereocenters. The molecule has 0 aromatic heterocycles. The molecule has 2 aromatic carbocycles. The fourth-order valence-electron chi connectivity index (χ4n) is 3.25. The molecule has 4 rings (SSSR count). The first-order valence-corrected chi connectivity index (χ1v) is 8.99. The number of anilines is 1. The molecule has 142 valence electrons. The van der Waals surface area contributed by atoms with Gasteiger partial charge in [0.05, 0.1) is 17.3 Å². The number of hydrogen-bond donors (Lipinski definition) is 2. The summed E-state index contributed by atoms with van der Waals surface area (Å²) in [6.45, 7) is -0.284. The van der Waals surface area contributed by atoms with Crippen LogP contribution in [0, 0.1) is 0 Å². The summed E-state index contributed by atoms with van der Waals surface area (Å²) in [5.74, 6) is -0.888. The van der Waals surface area contributed by atoms with Crippen LogP contribution >= 0.6 is 11.6 Å². The number of cyclic esters (lactones) is 1. The van der Waals surface area contributed by atoms with Crippen LogP contribution in [0.4, 0.5) is 10.5 Å². The van der Waals surface area contributed by atoms with Gasteiger partial charge in [-0.1, -0.05) is 41.9 Å². The Morgan fingerprint density at radius 1 is 1.14 bits per heavy atom. The summed E-state index contributed by atoms with van der Waals surface area (Å²) in [5, 5.41) is 6.05. The Labute approximate surface area is 165 Å². The van der Waals surface area contributed by atoms with Gasteiger partial charge in [-0.05, 0) is 29.8 Å². The highest BCUT2D eigenvalue weighted by molar-refractivity contribution is 6.30. The number of carbonyl (C=O) groups is 3. The Morgan fingerprint density at radius 2 is 1.86 bits per heavy atom. The van der Waals surface area contributed by atoms with Gasteiger partial charge in [0.15, 0.2) is 0 Å². The number of rotatable bonds is 4. The third-order valence-corrected chi connectivity index (χ3v) is 4.81. The average Bonchev–Trinajstić information content (AvgIpc) is 3.07. The lowest BCUT2D eigenvalue weighted by atomic mass is 9.96. The summed E-state index contributed by atoms with van der Waals surface area (Å²) in [6.07, 6.45) is 0. The first kappa shape index (κ1) is 18.1. The second kappa shape index (κ2) is 7.36. The topological polar surface area (TPSA) is 87.7 Å². The number of urea groups is 1. The van der Waals surface area contributed by atoms with Crippen LogP contribution in [0.15, 0.2) is 65.9 Å². The predicted octanol–water partition coefficient (Wildman–Crippen LogP) is 2.86. The van der Waals surface area contributed by atoms with Crippen molar-refractivity contribution in [3.05, 3.63) is 76.5 Å². The lowest BCUT2D eigenvalue weighted by Gasteiger charge is -2.32. The van der Waals surface area contributed by atoms with E-state index in [1.54, 1.807) is 48.5 Å². The average molecular weight is 398 g/mol. The second-order valence-corrected chi connectivity index (χ2v) is 6.81. The van der Waals surface area contributed by atoms with E-state index in [0.717, 1.165) is 0 Å². The number of para-hydroxylation sites is 1. The van der Waals surface area contributed by atoms with E-state index in [4.69, 9.17) is 16.3 Å². The Bertz CT molecular complexity index is 973. The second-order valence-electron chi connectivity index (χ2n) is 6.37. The Hall–Kier alpha value is -3.32. The zero-order valence-electron chi connectivity index (χ0n) is 14.6. The summed E-state index contributed by atoms with van der Waals surface area (Å²) in [7, 11) is 0. The number of amides is 3. The van der Waals surface area contributed by atoms with Crippen LogP contribution in [0.5, 0.6) is 0 Å². The zero-order chi connectivity index (χ0) is 19.7. The van der Waals surface area contributed by atoms with Crippen molar-refractivity contribution in [1.82, 2.24) is 10.2 Å². The Balaban J connectivity index is 1.60. The molecule has 0 fully saturated rings. The SMILES string of the molecule is O=C(CN1C(=O)N[C@@H](c2ccc(Cl)cc2)C2=C1COC2=O)Nc1ccccc1. The molecule has 0 aliphatic carbocycles. The predicted molar refractivity (Wildman–Crippen MR) is 102 cm³/mol. The normalized spacial score (nSPS) is 18.5. The molecule has 3 amide bonds. The molecule has 2 aromatic rings. The first-order valence-electron chi connectivity index (χ1n) is 8.61. The largest absolute Gasteiger partial charge is 0.456 e.